The fourth-order valence-electron chi connectivity index (χ4n) is 7.91. The molecule has 2 heteroatoms. The van der Waals surface area contributed by atoms with Gasteiger partial charge in [-0.3, -0.25) is 0 Å². The number of aromatic nitrogens is 2. The third kappa shape index (κ3) is 4.87. The van der Waals surface area contributed by atoms with E-state index in [9.17, 15) is 0 Å². The number of nitrogens with zero attached hydrogens (tertiary/aromatic N) is 2. The Kier molecular flexibility index (Phi) is 6.75. The predicted octanol–water partition coefficient (Wildman–Crippen LogP) is 13.2. The van der Waals surface area contributed by atoms with Crippen molar-refractivity contribution in [1.82, 2.24) is 9.13 Å². The van der Waals surface area contributed by atoms with Crippen molar-refractivity contribution in [3.8, 4) is 44.8 Å². The van der Waals surface area contributed by atoms with Gasteiger partial charge in [0.1, 0.15) is 0 Å². The molecule has 0 bridgehead atoms. The van der Waals surface area contributed by atoms with Crippen molar-refractivity contribution >= 4 is 43.6 Å². The van der Waals surface area contributed by atoms with Crippen LogP contribution in [0.3, 0.4) is 0 Å². The molecule has 0 saturated carbocycles. The summed E-state index contributed by atoms with van der Waals surface area (Å²) in [6, 6.07) is 68.5. The molecule has 0 aliphatic rings. The van der Waals surface area contributed by atoms with Gasteiger partial charge in [0.05, 0.1) is 22.1 Å². The third-order valence-corrected chi connectivity index (χ3v) is 10.4. The van der Waals surface area contributed by atoms with Gasteiger partial charge in [0.25, 0.3) is 0 Å². The van der Waals surface area contributed by atoms with Crippen molar-refractivity contribution in [3.63, 3.8) is 0 Å². The smallest absolute Gasteiger partial charge is 0.0543 e. The topological polar surface area (TPSA) is 9.86 Å². The van der Waals surface area contributed by atoms with Crippen molar-refractivity contribution in [2.45, 2.75) is 6.92 Å². The van der Waals surface area contributed by atoms with Gasteiger partial charge >= 0.3 is 0 Å². The second kappa shape index (κ2) is 11.8. The maximum Gasteiger partial charge on any atom is 0.0543 e. The molecular formula is C49H34N2. The van der Waals surface area contributed by atoms with E-state index in [2.05, 4.69) is 204 Å². The van der Waals surface area contributed by atoms with Crippen molar-refractivity contribution in [2.24, 2.45) is 0 Å². The lowest BCUT2D eigenvalue weighted by Gasteiger charge is -2.11. The minimum Gasteiger partial charge on any atom is -0.309 e. The van der Waals surface area contributed by atoms with E-state index < -0.39 is 0 Å². The van der Waals surface area contributed by atoms with Crippen LogP contribution in [-0.2, 0) is 0 Å². The van der Waals surface area contributed by atoms with E-state index in [0.717, 1.165) is 5.69 Å². The summed E-state index contributed by atoms with van der Waals surface area (Å²) < 4.78 is 4.79. The summed E-state index contributed by atoms with van der Waals surface area (Å²) >= 11 is 0. The minimum absolute atomic E-state index is 1.15. The summed E-state index contributed by atoms with van der Waals surface area (Å²) in [5, 5.41) is 5.05. The molecule has 2 heterocycles. The zero-order valence-corrected chi connectivity index (χ0v) is 28.3. The zero-order chi connectivity index (χ0) is 33.9. The Morgan fingerprint density at radius 1 is 0.275 bits per heavy atom. The highest BCUT2D eigenvalue weighted by Gasteiger charge is 2.16. The van der Waals surface area contributed by atoms with Crippen LogP contribution in [0.2, 0.25) is 0 Å². The average molecular weight is 651 g/mol. The molecule has 2 nitrogen and oxygen atoms in total. The van der Waals surface area contributed by atoms with Gasteiger partial charge in [0, 0.05) is 32.9 Å². The fourth-order valence-corrected chi connectivity index (χ4v) is 7.91. The summed E-state index contributed by atoms with van der Waals surface area (Å²) in [4.78, 5) is 0. The molecule has 0 aliphatic carbocycles. The van der Waals surface area contributed by atoms with Crippen LogP contribution in [0.5, 0.6) is 0 Å². The molecule has 0 radical (unpaired) electrons. The molecule has 0 amide bonds. The van der Waals surface area contributed by atoms with E-state index in [-0.39, 0.29) is 0 Å². The first-order chi connectivity index (χ1) is 25.2. The zero-order valence-electron chi connectivity index (χ0n) is 28.3. The monoisotopic (exact) mass is 650 g/mol. The number of fused-ring (bicyclic) bond motifs is 6. The minimum atomic E-state index is 1.15. The van der Waals surface area contributed by atoms with E-state index in [1.54, 1.807) is 0 Å². The summed E-state index contributed by atoms with van der Waals surface area (Å²) in [6.07, 6.45) is 0. The van der Waals surface area contributed by atoms with E-state index in [4.69, 9.17) is 0 Å². The molecular weight excluding hydrogens is 617 g/mol. The Morgan fingerprint density at radius 3 is 1.43 bits per heavy atom. The normalized spacial score (nSPS) is 11.6. The number of hydrogen-bond donors (Lipinski definition) is 0. The van der Waals surface area contributed by atoms with Crippen LogP contribution in [-0.4, -0.2) is 9.13 Å². The van der Waals surface area contributed by atoms with E-state index in [1.807, 2.05) is 0 Å². The van der Waals surface area contributed by atoms with Gasteiger partial charge in [0.15, 0.2) is 0 Å². The summed E-state index contributed by atoms with van der Waals surface area (Å²) in [7, 11) is 0. The Balaban J connectivity index is 1.07. The molecule has 51 heavy (non-hydrogen) atoms. The molecule has 8 aromatic carbocycles. The molecule has 0 aliphatic heterocycles. The van der Waals surface area contributed by atoms with Gasteiger partial charge in [-0.15, -0.1) is 0 Å². The van der Waals surface area contributed by atoms with E-state index in [1.165, 1.54) is 88.2 Å². The largest absolute Gasteiger partial charge is 0.309 e. The maximum absolute atomic E-state index is 2.40. The van der Waals surface area contributed by atoms with Crippen LogP contribution < -0.4 is 0 Å². The second-order valence-corrected chi connectivity index (χ2v) is 13.5. The Hall–Kier alpha value is -6.64. The number of benzene rings is 8. The summed E-state index contributed by atoms with van der Waals surface area (Å²) in [5.74, 6) is 0. The van der Waals surface area contributed by atoms with Crippen LogP contribution in [0.1, 0.15) is 5.56 Å². The second-order valence-electron chi connectivity index (χ2n) is 13.5. The molecule has 0 N–H and O–H groups in total. The Bertz CT molecular complexity index is 2890. The molecule has 10 aromatic rings. The molecule has 240 valence electrons. The molecule has 2 aromatic heterocycles. The van der Waals surface area contributed by atoms with Crippen molar-refractivity contribution in [1.29, 1.82) is 0 Å². The molecule has 0 saturated heterocycles. The van der Waals surface area contributed by atoms with Crippen LogP contribution in [0.15, 0.2) is 188 Å². The Morgan fingerprint density at radius 2 is 0.745 bits per heavy atom. The van der Waals surface area contributed by atoms with Crippen LogP contribution in [0.4, 0.5) is 0 Å². The first-order valence-corrected chi connectivity index (χ1v) is 17.6. The standard InChI is InChI=1S/C49H34N2/c1-33-19-26-43-45-32-39(23-28-48(45)51(49(43)29-33)40-15-6-3-7-16-40)38-22-27-47-44(31-38)42-17-8-9-18-46(42)50(47)41-24-20-35(21-25-41)37-14-10-13-36(30-37)34-11-4-2-5-12-34/h2-32H,1H3. The highest BCUT2D eigenvalue weighted by molar-refractivity contribution is 6.12. The molecule has 0 spiro atoms. The number of aryl methyl sites for hydroxylation is 1. The Labute approximate surface area is 297 Å². The highest BCUT2D eigenvalue weighted by Crippen LogP contribution is 2.39. The first-order valence-electron chi connectivity index (χ1n) is 17.6. The van der Waals surface area contributed by atoms with Crippen LogP contribution >= 0.6 is 0 Å². The SMILES string of the molecule is Cc1ccc2c3cc(-c4ccc5c(c4)c4ccccc4n5-c4ccc(-c5cccc(-c6ccccc6)c5)cc4)ccc3n(-c3ccccc3)c2c1. The van der Waals surface area contributed by atoms with Crippen molar-refractivity contribution < 1.29 is 0 Å². The average Bonchev–Trinajstić information content (AvgIpc) is 3.70. The summed E-state index contributed by atoms with van der Waals surface area (Å²) in [6.45, 7) is 2.17. The lowest BCUT2D eigenvalue weighted by molar-refractivity contribution is 1.18. The molecule has 0 fully saturated rings. The van der Waals surface area contributed by atoms with Gasteiger partial charge in [-0.25, -0.2) is 0 Å². The quantitative estimate of drug-likeness (QED) is 0.175. The predicted molar refractivity (Wildman–Crippen MR) is 216 cm³/mol. The lowest BCUT2D eigenvalue weighted by Crippen LogP contribution is -1.94. The fraction of sp³-hybridized carbons (Fsp3) is 0.0204. The maximum atomic E-state index is 2.40. The van der Waals surface area contributed by atoms with Crippen molar-refractivity contribution in [3.05, 3.63) is 194 Å². The van der Waals surface area contributed by atoms with E-state index >= 15 is 0 Å². The molecule has 0 atom stereocenters. The van der Waals surface area contributed by atoms with Gasteiger partial charge in [-0.2, -0.15) is 0 Å². The molecule has 10 rings (SSSR count). The van der Waals surface area contributed by atoms with Crippen LogP contribution in [0, 0.1) is 6.92 Å². The number of hydrogen-bond acceptors (Lipinski definition) is 0. The first kappa shape index (κ1) is 29.3. The van der Waals surface area contributed by atoms with Crippen LogP contribution in [0.25, 0.3) is 88.4 Å². The number of rotatable bonds is 5. The lowest BCUT2D eigenvalue weighted by atomic mass is 9.99. The van der Waals surface area contributed by atoms with Gasteiger partial charge in [-0.1, -0.05) is 121 Å². The van der Waals surface area contributed by atoms with Gasteiger partial charge < -0.3 is 9.13 Å². The van der Waals surface area contributed by atoms with E-state index in [0.29, 0.717) is 0 Å². The van der Waals surface area contributed by atoms with Gasteiger partial charge in [0.2, 0.25) is 0 Å². The summed E-state index contributed by atoms with van der Waals surface area (Å²) in [5.41, 5.74) is 15.8. The third-order valence-electron chi connectivity index (χ3n) is 10.4. The van der Waals surface area contributed by atoms with Crippen molar-refractivity contribution in [2.75, 3.05) is 0 Å². The van der Waals surface area contributed by atoms with Gasteiger partial charge in [-0.05, 0) is 113 Å². The number of para-hydroxylation sites is 2. The molecule has 0 unspecified atom stereocenters. The highest BCUT2D eigenvalue weighted by atomic mass is 15.0.